The third-order valence-corrected chi connectivity index (χ3v) is 2.77. The number of aliphatic hydroxyl groups is 1. The molecule has 0 saturated heterocycles. The van der Waals surface area contributed by atoms with Crippen LogP contribution in [0.2, 0.25) is 0 Å². The Morgan fingerprint density at radius 1 is 1.10 bits per heavy atom. The van der Waals surface area contributed by atoms with Crippen molar-refractivity contribution < 1.29 is 27.5 Å². The molecule has 0 radical (unpaired) electrons. The first kappa shape index (κ1) is 16.4. The van der Waals surface area contributed by atoms with Crippen LogP contribution >= 0.6 is 0 Å². The highest BCUT2D eigenvalue weighted by Crippen LogP contribution is 2.39. The Bertz CT molecular complexity index is 436. The van der Waals surface area contributed by atoms with Gasteiger partial charge in [0.15, 0.2) is 0 Å². The summed E-state index contributed by atoms with van der Waals surface area (Å²) in [5.41, 5.74) is -3.87. The van der Waals surface area contributed by atoms with Crippen LogP contribution < -0.4 is 5.32 Å². The van der Waals surface area contributed by atoms with Crippen LogP contribution in [0.3, 0.4) is 0 Å². The molecule has 0 aliphatic heterocycles. The number of amides is 1. The molecule has 0 heterocycles. The second kappa shape index (κ2) is 6.69. The summed E-state index contributed by atoms with van der Waals surface area (Å²) in [5.74, 6) is -1.74. The van der Waals surface area contributed by atoms with Gasteiger partial charge in [-0.1, -0.05) is 18.2 Å². The van der Waals surface area contributed by atoms with Crippen molar-refractivity contribution in [3.05, 3.63) is 30.3 Å². The number of rotatable bonds is 6. The van der Waals surface area contributed by atoms with E-state index in [0.717, 1.165) is 0 Å². The number of hydrogen-bond donors (Lipinski definition) is 2. The van der Waals surface area contributed by atoms with E-state index in [0.29, 0.717) is 0 Å². The van der Waals surface area contributed by atoms with Gasteiger partial charge in [0.2, 0.25) is 0 Å². The van der Waals surface area contributed by atoms with Crippen molar-refractivity contribution in [2.45, 2.75) is 31.1 Å². The molecule has 1 aromatic rings. The number of benzene rings is 1. The average Bonchev–Trinajstić information content (AvgIpc) is 2.38. The molecule has 112 valence electrons. The monoisotopic (exact) mass is 293 g/mol. The molecule has 0 bridgehead atoms. The lowest BCUT2D eigenvalue weighted by Crippen LogP contribution is -2.51. The van der Waals surface area contributed by atoms with Crippen LogP contribution in [0.25, 0.3) is 0 Å². The Labute approximate surface area is 113 Å². The number of halogens is 4. The standard InChI is InChI=1S/C13H15F4NO2/c14-12(13(15,16)17,8-4-5-9-19)11(20)18-10-6-2-1-3-7-10/h1-3,6-7,19H,4-5,8-9H2,(H,18,20). The highest BCUT2D eigenvalue weighted by molar-refractivity contribution is 5.97. The molecule has 1 unspecified atom stereocenters. The number of carbonyl (C=O) groups excluding carboxylic acids is 1. The first-order valence-electron chi connectivity index (χ1n) is 6.04. The molecule has 0 aliphatic carbocycles. The van der Waals surface area contributed by atoms with Crippen molar-refractivity contribution in [3.63, 3.8) is 0 Å². The first-order chi connectivity index (χ1) is 9.31. The molecule has 3 nitrogen and oxygen atoms in total. The van der Waals surface area contributed by atoms with E-state index in [1.54, 1.807) is 6.07 Å². The fraction of sp³-hybridized carbons (Fsp3) is 0.462. The van der Waals surface area contributed by atoms with E-state index in [2.05, 4.69) is 0 Å². The number of carbonyl (C=O) groups is 1. The number of hydrogen-bond acceptors (Lipinski definition) is 2. The fourth-order valence-corrected chi connectivity index (χ4v) is 1.62. The third-order valence-electron chi connectivity index (χ3n) is 2.77. The molecule has 7 heteroatoms. The molecule has 0 spiro atoms. The Hall–Kier alpha value is -1.63. The first-order valence-corrected chi connectivity index (χ1v) is 6.04. The summed E-state index contributed by atoms with van der Waals surface area (Å²) in [6, 6.07) is 7.36. The van der Waals surface area contributed by atoms with E-state index in [4.69, 9.17) is 5.11 Å². The van der Waals surface area contributed by atoms with Crippen LogP contribution in [0.5, 0.6) is 0 Å². The second-order valence-corrected chi connectivity index (χ2v) is 4.30. The molecule has 1 amide bonds. The van der Waals surface area contributed by atoms with E-state index < -0.39 is 24.2 Å². The minimum atomic E-state index is -5.30. The van der Waals surface area contributed by atoms with Crippen LogP contribution in [0, 0.1) is 0 Å². The van der Waals surface area contributed by atoms with Crippen LogP contribution in [0.15, 0.2) is 30.3 Å². The highest BCUT2D eigenvalue weighted by atomic mass is 19.4. The summed E-state index contributed by atoms with van der Waals surface area (Å²) in [6.07, 6.45) is -6.56. The molecule has 0 aromatic heterocycles. The Morgan fingerprint density at radius 3 is 2.20 bits per heavy atom. The molecular formula is C13H15F4NO2. The Kier molecular flexibility index (Phi) is 5.50. The van der Waals surface area contributed by atoms with Gasteiger partial charge in [0, 0.05) is 12.3 Å². The van der Waals surface area contributed by atoms with Crippen LogP contribution in [0.1, 0.15) is 19.3 Å². The van der Waals surface area contributed by atoms with Crippen molar-refractivity contribution >= 4 is 11.6 Å². The van der Waals surface area contributed by atoms with Gasteiger partial charge in [-0.3, -0.25) is 4.79 Å². The van der Waals surface area contributed by atoms with Crippen LogP contribution in [0.4, 0.5) is 23.2 Å². The lowest BCUT2D eigenvalue weighted by Gasteiger charge is -2.26. The van der Waals surface area contributed by atoms with Gasteiger partial charge in [-0.15, -0.1) is 0 Å². The number of anilines is 1. The predicted molar refractivity (Wildman–Crippen MR) is 65.9 cm³/mol. The van der Waals surface area contributed by atoms with Gasteiger partial charge in [0.1, 0.15) is 0 Å². The predicted octanol–water partition coefficient (Wildman–Crippen LogP) is 3.06. The van der Waals surface area contributed by atoms with Crippen molar-refractivity contribution in [3.8, 4) is 0 Å². The second-order valence-electron chi connectivity index (χ2n) is 4.30. The number of aliphatic hydroxyl groups excluding tert-OH is 1. The number of alkyl halides is 4. The Morgan fingerprint density at radius 2 is 1.70 bits per heavy atom. The van der Waals surface area contributed by atoms with Gasteiger partial charge in [0.05, 0.1) is 0 Å². The SMILES string of the molecule is O=C(Nc1ccccc1)C(F)(CCCCO)C(F)(F)F. The molecule has 0 saturated carbocycles. The number of unbranched alkanes of at least 4 members (excludes halogenated alkanes) is 1. The molecule has 1 atom stereocenters. The molecule has 2 N–H and O–H groups in total. The number of nitrogens with one attached hydrogen (secondary N) is 1. The van der Waals surface area contributed by atoms with Gasteiger partial charge >= 0.3 is 6.18 Å². The summed E-state index contributed by atoms with van der Waals surface area (Å²) in [7, 11) is 0. The van der Waals surface area contributed by atoms with Crippen molar-refractivity contribution in [2.75, 3.05) is 11.9 Å². The lowest BCUT2D eigenvalue weighted by atomic mass is 9.96. The van der Waals surface area contributed by atoms with Crippen LogP contribution in [-0.2, 0) is 4.79 Å². The summed E-state index contributed by atoms with van der Waals surface area (Å²) in [4.78, 5) is 11.6. The normalized spacial score (nSPS) is 14.7. The van der Waals surface area contributed by atoms with E-state index in [1.807, 2.05) is 5.32 Å². The number of para-hydroxylation sites is 1. The van der Waals surface area contributed by atoms with E-state index in [-0.39, 0.29) is 25.1 Å². The third kappa shape index (κ3) is 3.93. The van der Waals surface area contributed by atoms with Gasteiger partial charge in [-0.05, 0) is 31.4 Å². The van der Waals surface area contributed by atoms with Crippen molar-refractivity contribution in [2.24, 2.45) is 0 Å². The fourth-order valence-electron chi connectivity index (χ4n) is 1.62. The van der Waals surface area contributed by atoms with Crippen LogP contribution in [-0.4, -0.2) is 29.5 Å². The molecular weight excluding hydrogens is 278 g/mol. The van der Waals surface area contributed by atoms with E-state index >= 15 is 0 Å². The lowest BCUT2D eigenvalue weighted by molar-refractivity contribution is -0.226. The maximum Gasteiger partial charge on any atom is 0.431 e. The van der Waals surface area contributed by atoms with Gasteiger partial charge < -0.3 is 10.4 Å². The highest BCUT2D eigenvalue weighted by Gasteiger charge is 2.61. The van der Waals surface area contributed by atoms with E-state index in [1.165, 1.54) is 24.3 Å². The zero-order chi connectivity index (χ0) is 15.2. The minimum absolute atomic E-state index is 0.000364. The summed E-state index contributed by atoms with van der Waals surface area (Å²) < 4.78 is 52.4. The molecule has 20 heavy (non-hydrogen) atoms. The Balaban J connectivity index is 2.85. The molecule has 0 fully saturated rings. The van der Waals surface area contributed by atoms with Gasteiger partial charge in [-0.25, -0.2) is 4.39 Å². The zero-order valence-corrected chi connectivity index (χ0v) is 10.6. The largest absolute Gasteiger partial charge is 0.431 e. The maximum atomic E-state index is 14.1. The van der Waals surface area contributed by atoms with Crippen molar-refractivity contribution in [1.29, 1.82) is 0 Å². The summed E-state index contributed by atoms with van der Waals surface area (Å²) >= 11 is 0. The quantitative estimate of drug-likeness (QED) is 0.625. The smallest absolute Gasteiger partial charge is 0.396 e. The zero-order valence-electron chi connectivity index (χ0n) is 10.6. The van der Waals surface area contributed by atoms with Crippen molar-refractivity contribution in [1.82, 2.24) is 0 Å². The summed E-state index contributed by atoms with van der Waals surface area (Å²) in [5, 5.41) is 10.5. The van der Waals surface area contributed by atoms with Gasteiger partial charge in [-0.2, -0.15) is 13.2 Å². The minimum Gasteiger partial charge on any atom is -0.396 e. The summed E-state index contributed by atoms with van der Waals surface area (Å²) in [6.45, 7) is -0.353. The maximum absolute atomic E-state index is 14.1. The average molecular weight is 293 g/mol. The molecule has 1 rings (SSSR count). The van der Waals surface area contributed by atoms with Gasteiger partial charge in [0.25, 0.3) is 11.6 Å². The molecule has 1 aromatic carbocycles. The van der Waals surface area contributed by atoms with E-state index in [9.17, 15) is 22.4 Å². The molecule has 0 aliphatic rings. The topological polar surface area (TPSA) is 49.3 Å².